The van der Waals surface area contributed by atoms with Gasteiger partial charge in [-0.3, -0.25) is 9.59 Å². The number of nitrogens with one attached hydrogen (secondary N) is 1. The van der Waals surface area contributed by atoms with Crippen LogP contribution in [0.25, 0.3) is 5.65 Å². The first-order chi connectivity index (χ1) is 20.2. The molecule has 1 amide bonds. The maximum atomic E-state index is 13.3. The summed E-state index contributed by atoms with van der Waals surface area (Å²) in [6.07, 6.45) is -0.129. The fourth-order valence-corrected chi connectivity index (χ4v) is 5.00. The number of anilines is 1. The van der Waals surface area contributed by atoms with Gasteiger partial charge in [0.2, 0.25) is 0 Å². The highest BCUT2D eigenvalue weighted by Gasteiger charge is 2.37. The average molecular weight is 598 g/mol. The minimum atomic E-state index is -1.13. The molecule has 1 aliphatic rings. The van der Waals surface area contributed by atoms with Crippen LogP contribution in [0.1, 0.15) is 80.9 Å². The van der Waals surface area contributed by atoms with Crippen LogP contribution in [-0.2, 0) is 25.5 Å². The number of esters is 1. The summed E-state index contributed by atoms with van der Waals surface area (Å²) >= 11 is 0. The first kappa shape index (κ1) is 32.0. The van der Waals surface area contributed by atoms with Gasteiger partial charge >= 0.3 is 5.97 Å². The lowest BCUT2D eigenvalue weighted by atomic mass is 9.93. The third-order valence-corrected chi connectivity index (χ3v) is 7.17. The predicted octanol–water partition coefficient (Wildman–Crippen LogP) is 3.49. The molecule has 1 saturated heterocycles. The zero-order valence-electron chi connectivity index (χ0n) is 25.6. The molecule has 1 aliphatic heterocycles. The van der Waals surface area contributed by atoms with Crippen LogP contribution in [0, 0.1) is 12.7 Å². The number of carbonyl (C=O) groups excluding carboxylic acids is 3. The fourth-order valence-electron chi connectivity index (χ4n) is 5.00. The van der Waals surface area contributed by atoms with Gasteiger partial charge in [-0.05, 0) is 72.1 Å². The second-order valence-corrected chi connectivity index (χ2v) is 12.1. The van der Waals surface area contributed by atoms with Crippen LogP contribution in [-0.4, -0.2) is 74.8 Å². The van der Waals surface area contributed by atoms with Gasteiger partial charge in [-0.2, -0.15) is 9.61 Å². The fraction of sp³-hybridized carbons (Fsp3) is 0.516. The van der Waals surface area contributed by atoms with E-state index < -0.39 is 35.0 Å². The molecule has 3 aromatic rings. The SMILES string of the molecule is CCOC(=O)[C@@H](OC(C)(C)C)c1c(C)nc2cc(C(=O)NCC(=O)Cc3ccc(F)cc3)nn2c1N1CCC(C)(O)CC1. The predicted molar refractivity (Wildman–Crippen MR) is 157 cm³/mol. The van der Waals surface area contributed by atoms with Gasteiger partial charge in [0, 0.05) is 31.3 Å². The molecule has 0 aliphatic carbocycles. The normalized spacial score (nSPS) is 15.8. The van der Waals surface area contributed by atoms with Gasteiger partial charge in [0.15, 0.2) is 23.2 Å². The number of rotatable bonds is 10. The Balaban J connectivity index is 1.70. The van der Waals surface area contributed by atoms with E-state index in [1.807, 2.05) is 25.7 Å². The van der Waals surface area contributed by atoms with Crippen molar-refractivity contribution in [3.63, 3.8) is 0 Å². The molecule has 4 rings (SSSR count). The Bertz CT molecular complexity index is 1490. The van der Waals surface area contributed by atoms with Crippen LogP contribution in [0.4, 0.5) is 10.2 Å². The van der Waals surface area contributed by atoms with E-state index in [0.29, 0.717) is 54.2 Å². The van der Waals surface area contributed by atoms with Crippen LogP contribution < -0.4 is 10.2 Å². The standard InChI is InChI=1S/C31H40FN5O6/c1-7-42-29(40)26(43-30(3,4)5)25-19(2)34-24-17-23(35-37(24)28(25)36-14-12-31(6,41)13-15-36)27(39)33-18-22(38)16-20-8-10-21(32)11-9-20/h8-11,17,26,41H,7,12-16,18H2,1-6H3,(H,33,39)/t26-/m0/s1. The molecule has 0 saturated carbocycles. The van der Waals surface area contributed by atoms with Crippen LogP contribution in [0.5, 0.6) is 0 Å². The van der Waals surface area contributed by atoms with Crippen molar-refractivity contribution in [3.8, 4) is 0 Å². The molecular weight excluding hydrogens is 557 g/mol. The smallest absolute Gasteiger partial charge is 0.340 e. The number of halogens is 1. The molecule has 0 unspecified atom stereocenters. The summed E-state index contributed by atoms with van der Waals surface area (Å²) in [7, 11) is 0. The van der Waals surface area contributed by atoms with E-state index in [-0.39, 0.29) is 31.0 Å². The summed E-state index contributed by atoms with van der Waals surface area (Å²) in [6.45, 7) is 11.6. The van der Waals surface area contributed by atoms with Crippen molar-refractivity contribution in [2.45, 2.75) is 78.1 Å². The summed E-state index contributed by atoms with van der Waals surface area (Å²) in [5.41, 5.74) is 0.463. The molecule has 232 valence electrons. The van der Waals surface area contributed by atoms with Crippen LogP contribution in [0.15, 0.2) is 30.3 Å². The molecule has 2 N–H and O–H groups in total. The Kier molecular flexibility index (Phi) is 9.50. The molecule has 1 fully saturated rings. The van der Waals surface area contributed by atoms with Gasteiger partial charge in [-0.15, -0.1) is 0 Å². The maximum Gasteiger partial charge on any atom is 0.340 e. The van der Waals surface area contributed by atoms with Crippen molar-refractivity contribution in [1.82, 2.24) is 19.9 Å². The number of Topliss-reactive ketones (excluding diaryl/α,β-unsaturated/α-hetero) is 1. The first-order valence-corrected chi connectivity index (χ1v) is 14.4. The zero-order chi connectivity index (χ0) is 31.5. The summed E-state index contributed by atoms with van der Waals surface area (Å²) in [6, 6.07) is 7.13. The highest BCUT2D eigenvalue weighted by molar-refractivity contribution is 5.96. The number of hydrogen-bond donors (Lipinski definition) is 2. The average Bonchev–Trinajstić information content (AvgIpc) is 3.35. The largest absolute Gasteiger partial charge is 0.464 e. The molecule has 11 nitrogen and oxygen atoms in total. The maximum absolute atomic E-state index is 13.3. The van der Waals surface area contributed by atoms with Crippen LogP contribution in [0.3, 0.4) is 0 Å². The van der Waals surface area contributed by atoms with Gasteiger partial charge in [-0.25, -0.2) is 14.2 Å². The number of aryl methyl sites for hydroxylation is 1. The zero-order valence-corrected chi connectivity index (χ0v) is 25.6. The molecule has 1 atom stereocenters. The number of amides is 1. The molecule has 0 radical (unpaired) electrons. The number of hydrogen-bond acceptors (Lipinski definition) is 9. The highest BCUT2D eigenvalue weighted by Crippen LogP contribution is 2.37. The lowest BCUT2D eigenvalue weighted by molar-refractivity contribution is -0.166. The number of piperidine rings is 1. The van der Waals surface area contributed by atoms with Crippen molar-refractivity contribution in [2.75, 3.05) is 31.1 Å². The lowest BCUT2D eigenvalue weighted by Gasteiger charge is -2.39. The van der Waals surface area contributed by atoms with Crippen molar-refractivity contribution in [3.05, 3.63) is 58.7 Å². The Morgan fingerprint density at radius 3 is 2.42 bits per heavy atom. The molecule has 0 bridgehead atoms. The van der Waals surface area contributed by atoms with Crippen molar-refractivity contribution in [1.29, 1.82) is 0 Å². The van der Waals surface area contributed by atoms with Crippen molar-refractivity contribution in [2.24, 2.45) is 0 Å². The third-order valence-electron chi connectivity index (χ3n) is 7.17. The number of nitrogens with zero attached hydrogens (tertiary/aromatic N) is 4. The van der Waals surface area contributed by atoms with E-state index in [9.17, 15) is 23.9 Å². The summed E-state index contributed by atoms with van der Waals surface area (Å²) in [5.74, 6) is -1.27. The number of benzene rings is 1. The Morgan fingerprint density at radius 1 is 1.16 bits per heavy atom. The van der Waals surface area contributed by atoms with Crippen LogP contribution in [0.2, 0.25) is 0 Å². The summed E-state index contributed by atoms with van der Waals surface area (Å²) < 4.78 is 26.3. The van der Waals surface area contributed by atoms with Gasteiger partial charge in [0.05, 0.1) is 29.9 Å². The van der Waals surface area contributed by atoms with E-state index >= 15 is 0 Å². The van der Waals surface area contributed by atoms with E-state index in [0.717, 1.165) is 0 Å². The van der Waals surface area contributed by atoms with Gasteiger partial charge < -0.3 is 24.8 Å². The number of carbonyl (C=O) groups is 3. The van der Waals surface area contributed by atoms with Gasteiger partial charge in [0.1, 0.15) is 11.6 Å². The Hall–Kier alpha value is -3.90. The van der Waals surface area contributed by atoms with E-state index in [4.69, 9.17) is 9.47 Å². The van der Waals surface area contributed by atoms with Gasteiger partial charge in [-0.1, -0.05) is 12.1 Å². The molecule has 43 heavy (non-hydrogen) atoms. The summed E-state index contributed by atoms with van der Waals surface area (Å²) in [4.78, 5) is 45.6. The first-order valence-electron chi connectivity index (χ1n) is 14.4. The highest BCUT2D eigenvalue weighted by atomic mass is 19.1. The number of aliphatic hydroxyl groups is 1. The molecule has 0 spiro atoms. The number of fused-ring (bicyclic) bond motifs is 1. The topological polar surface area (TPSA) is 135 Å². The minimum absolute atomic E-state index is 0.0355. The molecule has 2 aromatic heterocycles. The van der Waals surface area contributed by atoms with E-state index in [2.05, 4.69) is 15.4 Å². The number of ketones is 1. The Morgan fingerprint density at radius 2 is 1.81 bits per heavy atom. The minimum Gasteiger partial charge on any atom is -0.464 e. The van der Waals surface area contributed by atoms with E-state index in [1.54, 1.807) is 20.8 Å². The molecule has 3 heterocycles. The second-order valence-electron chi connectivity index (χ2n) is 12.1. The number of ether oxygens (including phenoxy) is 2. The lowest BCUT2D eigenvalue weighted by Crippen LogP contribution is -2.44. The molecular formula is C31H40FN5O6. The quantitative estimate of drug-likeness (QED) is 0.337. The van der Waals surface area contributed by atoms with Crippen molar-refractivity contribution < 1.29 is 33.4 Å². The molecule has 1 aromatic carbocycles. The third kappa shape index (κ3) is 7.94. The number of aromatic nitrogens is 3. The monoisotopic (exact) mass is 597 g/mol. The van der Waals surface area contributed by atoms with E-state index in [1.165, 1.54) is 34.8 Å². The van der Waals surface area contributed by atoms with Gasteiger partial charge in [0.25, 0.3) is 5.91 Å². The van der Waals surface area contributed by atoms with Crippen LogP contribution >= 0.6 is 0 Å². The summed E-state index contributed by atoms with van der Waals surface area (Å²) in [5, 5.41) is 17.8. The second kappa shape index (κ2) is 12.8. The molecule has 12 heteroatoms. The Labute approximate surface area is 250 Å². The van der Waals surface area contributed by atoms with Crippen molar-refractivity contribution >= 4 is 29.1 Å².